The first-order valence-corrected chi connectivity index (χ1v) is 4.80. The van der Waals surface area contributed by atoms with Crippen molar-refractivity contribution in [3.63, 3.8) is 0 Å². The van der Waals surface area contributed by atoms with Crippen LogP contribution in [0, 0.1) is 0 Å². The van der Waals surface area contributed by atoms with E-state index < -0.39 is 0 Å². The van der Waals surface area contributed by atoms with Crippen molar-refractivity contribution in [2.75, 3.05) is 0 Å². The van der Waals surface area contributed by atoms with Gasteiger partial charge in [0.2, 0.25) is 0 Å². The van der Waals surface area contributed by atoms with Crippen molar-refractivity contribution in [1.29, 1.82) is 0 Å². The van der Waals surface area contributed by atoms with E-state index in [-0.39, 0.29) is 20.5 Å². The van der Waals surface area contributed by atoms with Crippen molar-refractivity contribution >= 4 is 24.5 Å². The molecule has 1 rings (SSSR count). The van der Waals surface area contributed by atoms with Crippen LogP contribution in [0.25, 0.3) is 0 Å². The summed E-state index contributed by atoms with van der Waals surface area (Å²) < 4.78 is 4.55. The molecule has 1 aliphatic rings. The molecular formula is C5H6Te. The first kappa shape index (κ1) is 4.30. The van der Waals surface area contributed by atoms with Gasteiger partial charge in [-0.3, -0.25) is 0 Å². The summed E-state index contributed by atoms with van der Waals surface area (Å²) >= 11 is 0.0368. The van der Waals surface area contributed by atoms with Gasteiger partial charge in [0.05, 0.1) is 0 Å². The molecule has 0 saturated carbocycles. The molecule has 32 valence electrons. The summed E-state index contributed by atoms with van der Waals surface area (Å²) in [6.07, 6.45) is 6.31. The van der Waals surface area contributed by atoms with Crippen LogP contribution in [0.4, 0.5) is 0 Å². The van der Waals surface area contributed by atoms with E-state index in [1.807, 2.05) is 0 Å². The minimum absolute atomic E-state index is 0.0368. The normalized spacial score (nSPS) is 17.3. The summed E-state index contributed by atoms with van der Waals surface area (Å²) in [5, 5.41) is 0. The van der Waals surface area contributed by atoms with Crippen molar-refractivity contribution in [2.24, 2.45) is 0 Å². The first-order chi connectivity index (χ1) is 3.00. The molecule has 0 bridgehead atoms. The Balaban J connectivity index is 2.77. The second-order valence-corrected chi connectivity index (χ2v) is 3.58. The molecule has 0 nitrogen and oxygen atoms in total. The van der Waals surface area contributed by atoms with Gasteiger partial charge in [-0.15, -0.1) is 0 Å². The van der Waals surface area contributed by atoms with E-state index in [9.17, 15) is 0 Å². The van der Waals surface area contributed by atoms with E-state index in [1.54, 1.807) is 0 Å². The van der Waals surface area contributed by atoms with Crippen LogP contribution in [0.15, 0.2) is 22.4 Å². The van der Waals surface area contributed by atoms with Gasteiger partial charge in [-0.1, -0.05) is 0 Å². The summed E-state index contributed by atoms with van der Waals surface area (Å²) in [6, 6.07) is 0. The van der Waals surface area contributed by atoms with Crippen LogP contribution in [-0.4, -0.2) is 24.5 Å². The summed E-state index contributed by atoms with van der Waals surface area (Å²) in [6.45, 7) is 0. The molecule has 0 unspecified atom stereocenters. The number of hydrogen-bond acceptors (Lipinski definition) is 0. The Morgan fingerprint density at radius 3 is 2.17 bits per heavy atom. The van der Waals surface area contributed by atoms with E-state index in [2.05, 4.69) is 26.4 Å². The quantitative estimate of drug-likeness (QED) is 0.486. The number of rotatable bonds is 0. The van der Waals surface area contributed by atoms with Crippen LogP contribution in [-0.2, 0) is 0 Å². The molecule has 0 atom stereocenters. The van der Waals surface area contributed by atoms with Gasteiger partial charge in [-0.25, -0.2) is 0 Å². The molecule has 0 amide bonds. The fraction of sp³-hybridized carbons (Fsp3) is 0. The predicted octanol–water partition coefficient (Wildman–Crippen LogP) is 0.309. The van der Waals surface area contributed by atoms with Crippen LogP contribution in [0.2, 0.25) is 0 Å². The van der Waals surface area contributed by atoms with Gasteiger partial charge in [0.1, 0.15) is 0 Å². The maximum absolute atomic E-state index is 2.28. The predicted molar refractivity (Wildman–Crippen MR) is 31.5 cm³/mol. The molecule has 0 aromatic rings. The van der Waals surface area contributed by atoms with E-state index >= 15 is 0 Å². The third-order valence-corrected chi connectivity index (χ3v) is 2.53. The van der Waals surface area contributed by atoms with Crippen molar-refractivity contribution in [3.8, 4) is 0 Å². The molecule has 0 aliphatic carbocycles. The second kappa shape index (κ2) is 2.34. The summed E-state index contributed by atoms with van der Waals surface area (Å²) in [4.78, 5) is 0. The minimum atomic E-state index is 0.0368. The Bertz CT molecular complexity index is 73.3. The van der Waals surface area contributed by atoms with Gasteiger partial charge in [-0.2, -0.15) is 0 Å². The summed E-state index contributed by atoms with van der Waals surface area (Å²) in [5.74, 6) is 0. The van der Waals surface area contributed by atoms with Gasteiger partial charge < -0.3 is 0 Å². The third-order valence-electron chi connectivity index (χ3n) is 0.566. The monoisotopic (exact) mass is 196 g/mol. The number of hydrogen-bond donors (Lipinski definition) is 0. The zero-order chi connectivity index (χ0) is 4.24. The molecule has 1 aliphatic heterocycles. The van der Waals surface area contributed by atoms with E-state index in [4.69, 9.17) is 0 Å². The van der Waals surface area contributed by atoms with Gasteiger partial charge in [0.25, 0.3) is 0 Å². The van der Waals surface area contributed by atoms with E-state index in [1.165, 1.54) is 0 Å². The average molecular weight is 194 g/mol. The van der Waals surface area contributed by atoms with Crippen LogP contribution in [0.1, 0.15) is 0 Å². The zero-order valence-electron chi connectivity index (χ0n) is 3.33. The molecule has 6 heavy (non-hydrogen) atoms. The van der Waals surface area contributed by atoms with Crippen molar-refractivity contribution in [2.45, 2.75) is 0 Å². The molecule has 1 heterocycles. The zero-order valence-corrected chi connectivity index (χ0v) is 5.89. The summed E-state index contributed by atoms with van der Waals surface area (Å²) in [7, 11) is 0. The topological polar surface area (TPSA) is 0 Å². The molecular weight excluding hydrogens is 188 g/mol. The Labute approximate surface area is 47.1 Å². The fourth-order valence-electron chi connectivity index (χ4n) is 0.313. The van der Waals surface area contributed by atoms with Gasteiger partial charge >= 0.3 is 46.9 Å². The standard InChI is InChI=1S/C5H6Te/c1-2-4-6-5-3-1/h1-6H. The molecule has 1 heteroatoms. The Morgan fingerprint density at radius 1 is 1.00 bits per heavy atom. The van der Waals surface area contributed by atoms with E-state index in [0.717, 1.165) is 0 Å². The first-order valence-electron chi connectivity index (χ1n) is 1.85. The summed E-state index contributed by atoms with van der Waals surface area (Å²) in [5.41, 5.74) is 0. The van der Waals surface area contributed by atoms with Crippen LogP contribution in [0.5, 0.6) is 0 Å². The fourth-order valence-corrected chi connectivity index (χ4v) is 1.73. The molecule has 0 saturated heterocycles. The maximum atomic E-state index is 2.28. The van der Waals surface area contributed by atoms with Gasteiger partial charge in [0.15, 0.2) is 0 Å². The Morgan fingerprint density at radius 2 is 2.00 bits per heavy atom. The SMILES string of the molecule is C1=CC=[TeH]C=C1. The van der Waals surface area contributed by atoms with Crippen molar-refractivity contribution in [3.05, 3.63) is 22.4 Å². The second-order valence-electron chi connectivity index (χ2n) is 1.02. The van der Waals surface area contributed by atoms with Crippen LogP contribution >= 0.6 is 0 Å². The van der Waals surface area contributed by atoms with E-state index in [0.29, 0.717) is 0 Å². The molecule has 0 spiro atoms. The van der Waals surface area contributed by atoms with Crippen molar-refractivity contribution in [1.82, 2.24) is 0 Å². The third kappa shape index (κ3) is 1.08. The van der Waals surface area contributed by atoms with Gasteiger partial charge in [0, 0.05) is 0 Å². The number of allylic oxidation sites excluding steroid dienone is 3. The van der Waals surface area contributed by atoms with Crippen LogP contribution < -0.4 is 0 Å². The molecule has 0 fully saturated rings. The van der Waals surface area contributed by atoms with Crippen molar-refractivity contribution < 1.29 is 0 Å². The molecule has 0 N–H and O–H groups in total. The molecule has 0 radical (unpaired) electrons. The Hall–Kier alpha value is 0.140. The average Bonchev–Trinajstić information content (AvgIpc) is 1.72. The molecule has 0 aromatic heterocycles. The van der Waals surface area contributed by atoms with Crippen LogP contribution in [0.3, 0.4) is 0 Å². The van der Waals surface area contributed by atoms with Gasteiger partial charge in [-0.05, 0) is 0 Å². The molecule has 0 aromatic carbocycles. The Kier molecular flexibility index (Phi) is 1.68.